The van der Waals surface area contributed by atoms with E-state index < -0.39 is 0 Å². The van der Waals surface area contributed by atoms with E-state index in [0.29, 0.717) is 18.2 Å². The van der Waals surface area contributed by atoms with Gasteiger partial charge in [-0.3, -0.25) is 0 Å². The van der Waals surface area contributed by atoms with Crippen molar-refractivity contribution in [2.75, 3.05) is 13.2 Å². The Labute approximate surface area is 140 Å². The number of halogens is 3. The molecule has 0 amide bonds. The van der Waals surface area contributed by atoms with Crippen LogP contribution in [0.4, 0.5) is 0 Å². The second kappa shape index (κ2) is 7.91. The highest BCUT2D eigenvalue weighted by Crippen LogP contribution is 2.28. The summed E-state index contributed by atoms with van der Waals surface area (Å²) in [5.41, 5.74) is 0. The molecule has 0 saturated heterocycles. The molecule has 0 heterocycles. The van der Waals surface area contributed by atoms with E-state index in [0.717, 1.165) is 26.9 Å². The topological polar surface area (TPSA) is 18.5 Å². The average molecular weight is 421 g/mol. The molecule has 5 heteroatoms. The fraction of sp³-hybridized carbons (Fsp3) is 0.200. The molecule has 0 unspecified atom stereocenters. The van der Waals surface area contributed by atoms with Gasteiger partial charge >= 0.3 is 0 Å². The van der Waals surface area contributed by atoms with Crippen molar-refractivity contribution in [1.82, 2.24) is 0 Å². The molecule has 0 aromatic heterocycles. The summed E-state index contributed by atoms with van der Waals surface area (Å²) in [6.07, 6.45) is 0.811. The smallest absolute Gasteiger partial charge is 0.133 e. The van der Waals surface area contributed by atoms with Crippen LogP contribution in [0.1, 0.15) is 6.42 Å². The quantitative estimate of drug-likeness (QED) is 0.557. The Morgan fingerprint density at radius 2 is 1.60 bits per heavy atom. The maximum absolute atomic E-state index is 5.81. The minimum Gasteiger partial charge on any atom is -0.493 e. The lowest BCUT2D eigenvalue weighted by Gasteiger charge is -2.09. The first kappa shape index (κ1) is 15.7. The Balaban J connectivity index is 1.70. The predicted octanol–water partition coefficient (Wildman–Crippen LogP) is 5.71. The van der Waals surface area contributed by atoms with Gasteiger partial charge in [0.05, 0.1) is 17.7 Å². The van der Waals surface area contributed by atoms with Crippen molar-refractivity contribution in [2.45, 2.75) is 6.42 Å². The molecule has 0 aliphatic rings. The number of benzene rings is 2. The molecule has 0 radical (unpaired) electrons. The summed E-state index contributed by atoms with van der Waals surface area (Å²) in [6, 6.07) is 13.2. The van der Waals surface area contributed by atoms with E-state index in [9.17, 15) is 0 Å². The molecule has 0 saturated carbocycles. The van der Waals surface area contributed by atoms with E-state index in [-0.39, 0.29) is 0 Å². The zero-order chi connectivity index (χ0) is 14.4. The van der Waals surface area contributed by atoms with Crippen LogP contribution in [0.25, 0.3) is 0 Å². The van der Waals surface area contributed by atoms with Crippen LogP contribution in [-0.4, -0.2) is 13.2 Å². The van der Waals surface area contributed by atoms with Gasteiger partial charge in [0.1, 0.15) is 11.5 Å². The van der Waals surface area contributed by atoms with Crippen LogP contribution in [-0.2, 0) is 0 Å². The summed E-state index contributed by atoms with van der Waals surface area (Å²) in [5, 5.41) is 0.709. The molecule has 2 rings (SSSR count). The molecule has 2 nitrogen and oxygen atoms in total. The van der Waals surface area contributed by atoms with E-state index in [1.807, 2.05) is 42.5 Å². The Morgan fingerprint density at radius 1 is 0.900 bits per heavy atom. The van der Waals surface area contributed by atoms with Gasteiger partial charge in [-0.15, -0.1) is 0 Å². The van der Waals surface area contributed by atoms with Crippen molar-refractivity contribution in [2.24, 2.45) is 0 Å². The van der Waals surface area contributed by atoms with Crippen LogP contribution in [0.2, 0.25) is 5.02 Å². The predicted molar refractivity (Wildman–Crippen MR) is 88.9 cm³/mol. The highest BCUT2D eigenvalue weighted by atomic mass is 79.9. The van der Waals surface area contributed by atoms with Crippen molar-refractivity contribution in [3.63, 3.8) is 0 Å². The lowest BCUT2D eigenvalue weighted by Crippen LogP contribution is -2.05. The Bertz CT molecular complexity index is 558. The van der Waals surface area contributed by atoms with Gasteiger partial charge in [-0.1, -0.05) is 27.5 Å². The van der Waals surface area contributed by atoms with E-state index in [1.54, 1.807) is 0 Å². The monoisotopic (exact) mass is 418 g/mol. The van der Waals surface area contributed by atoms with Gasteiger partial charge in [0.25, 0.3) is 0 Å². The zero-order valence-corrected chi connectivity index (χ0v) is 14.5. The molecular weight excluding hydrogens is 407 g/mol. The zero-order valence-electron chi connectivity index (χ0n) is 10.6. The maximum atomic E-state index is 5.81. The fourth-order valence-corrected chi connectivity index (χ4v) is 2.84. The van der Waals surface area contributed by atoms with Crippen molar-refractivity contribution in [1.29, 1.82) is 0 Å². The molecule has 0 fully saturated rings. The third kappa shape index (κ3) is 5.00. The Morgan fingerprint density at radius 3 is 2.30 bits per heavy atom. The normalized spacial score (nSPS) is 10.3. The molecule has 0 aliphatic carbocycles. The van der Waals surface area contributed by atoms with Crippen LogP contribution in [0.15, 0.2) is 51.4 Å². The first-order valence-electron chi connectivity index (χ1n) is 6.11. The lowest BCUT2D eigenvalue weighted by molar-refractivity contribution is 0.246. The average Bonchev–Trinajstić information content (AvgIpc) is 2.42. The van der Waals surface area contributed by atoms with Gasteiger partial charge in [-0.25, -0.2) is 0 Å². The Hall–Kier alpha value is -0.710. The van der Waals surface area contributed by atoms with Gasteiger partial charge in [0, 0.05) is 15.9 Å². The van der Waals surface area contributed by atoms with Crippen molar-refractivity contribution < 1.29 is 9.47 Å². The van der Waals surface area contributed by atoms with E-state index in [1.165, 1.54) is 0 Å². The second-order valence-electron chi connectivity index (χ2n) is 4.08. The molecular formula is C15H13Br2ClO2. The molecule has 0 aliphatic heterocycles. The van der Waals surface area contributed by atoms with Crippen molar-refractivity contribution in [3.05, 3.63) is 56.4 Å². The molecule has 2 aromatic carbocycles. The second-order valence-corrected chi connectivity index (χ2v) is 6.29. The van der Waals surface area contributed by atoms with Gasteiger partial charge < -0.3 is 9.47 Å². The first-order valence-corrected chi connectivity index (χ1v) is 8.08. The van der Waals surface area contributed by atoms with Crippen LogP contribution in [0.3, 0.4) is 0 Å². The van der Waals surface area contributed by atoms with Gasteiger partial charge in [0.15, 0.2) is 0 Å². The van der Waals surface area contributed by atoms with Gasteiger partial charge in [-0.2, -0.15) is 0 Å². The van der Waals surface area contributed by atoms with Gasteiger partial charge in [0.2, 0.25) is 0 Å². The van der Waals surface area contributed by atoms with Crippen LogP contribution >= 0.6 is 43.5 Å². The molecule has 0 spiro atoms. The third-order valence-electron chi connectivity index (χ3n) is 2.52. The molecule has 20 heavy (non-hydrogen) atoms. The maximum Gasteiger partial charge on any atom is 0.133 e. The molecule has 0 N–H and O–H groups in total. The van der Waals surface area contributed by atoms with Crippen LogP contribution in [0.5, 0.6) is 11.5 Å². The Kier molecular flexibility index (Phi) is 6.20. The summed E-state index contributed by atoms with van der Waals surface area (Å²) in [6.45, 7) is 1.21. The van der Waals surface area contributed by atoms with E-state index in [4.69, 9.17) is 21.1 Å². The highest BCUT2D eigenvalue weighted by molar-refractivity contribution is 9.11. The van der Waals surface area contributed by atoms with Crippen LogP contribution in [0, 0.1) is 0 Å². The SMILES string of the molecule is Clc1ccc(OCCCOc2ccc(Br)cc2Br)cc1. The van der Waals surface area contributed by atoms with Crippen LogP contribution < -0.4 is 9.47 Å². The number of hydrogen-bond acceptors (Lipinski definition) is 2. The summed E-state index contributed by atoms with van der Waals surface area (Å²) in [5.74, 6) is 1.65. The standard InChI is InChI=1S/C15H13Br2ClO2/c16-11-2-7-15(14(17)10-11)20-9-1-8-19-13-5-3-12(18)4-6-13/h2-7,10H,1,8-9H2. The minimum absolute atomic E-state index is 0.605. The molecule has 0 bridgehead atoms. The van der Waals surface area contributed by atoms with E-state index >= 15 is 0 Å². The summed E-state index contributed by atoms with van der Waals surface area (Å²) in [7, 11) is 0. The van der Waals surface area contributed by atoms with Gasteiger partial charge in [-0.05, 0) is 58.4 Å². The third-order valence-corrected chi connectivity index (χ3v) is 3.89. The van der Waals surface area contributed by atoms with Crippen molar-refractivity contribution >= 4 is 43.5 Å². The molecule has 106 valence electrons. The van der Waals surface area contributed by atoms with E-state index in [2.05, 4.69) is 31.9 Å². The largest absolute Gasteiger partial charge is 0.493 e. The first-order chi connectivity index (χ1) is 9.65. The summed E-state index contributed by atoms with van der Waals surface area (Å²) in [4.78, 5) is 0. The number of hydrogen-bond donors (Lipinski definition) is 0. The molecule has 2 aromatic rings. The molecule has 0 atom stereocenters. The lowest BCUT2D eigenvalue weighted by atomic mass is 10.3. The summed E-state index contributed by atoms with van der Waals surface area (Å²) < 4.78 is 13.2. The number of rotatable bonds is 6. The van der Waals surface area contributed by atoms with Crippen molar-refractivity contribution in [3.8, 4) is 11.5 Å². The number of ether oxygens (including phenoxy) is 2. The highest BCUT2D eigenvalue weighted by Gasteiger charge is 2.01. The fourth-order valence-electron chi connectivity index (χ4n) is 1.55. The minimum atomic E-state index is 0.605. The summed E-state index contributed by atoms with van der Waals surface area (Å²) >= 11 is 12.7.